The largest absolute Gasteiger partial charge is 0.384 e. The van der Waals surface area contributed by atoms with Gasteiger partial charge in [-0.15, -0.1) is 0 Å². The number of nitrogens with zero attached hydrogens (tertiary/aromatic N) is 5. The van der Waals surface area contributed by atoms with Crippen LogP contribution in [0, 0.1) is 12.7 Å². The lowest BCUT2D eigenvalue weighted by atomic mass is 9.90. The highest BCUT2D eigenvalue weighted by Gasteiger charge is 2.49. The standard InChI is InChI=1S/C31H30F5N5O2/c1-17(20-12-9-13-22(27(20)34)31(35,36)30(3,4)43)41(19-10-7-6-8-11-19)28-21-14-25-24(15-23(21)37-18(2)38-28)39(5)29(42)40(25)16-26(32)33/h6-15,17,26,43H,16H2,1-5H3/t17-/m1/s1. The maximum absolute atomic E-state index is 16.0. The molecule has 0 saturated carbocycles. The predicted octanol–water partition coefficient (Wildman–Crippen LogP) is 6.76. The number of aromatic nitrogens is 4. The van der Waals surface area contributed by atoms with Gasteiger partial charge in [0.2, 0.25) is 0 Å². The molecule has 0 unspecified atom stereocenters. The van der Waals surface area contributed by atoms with Crippen LogP contribution in [0.4, 0.5) is 33.5 Å². The second-order valence-corrected chi connectivity index (χ2v) is 11.0. The zero-order valence-electron chi connectivity index (χ0n) is 24.1. The van der Waals surface area contributed by atoms with Gasteiger partial charge in [-0.05, 0) is 58.0 Å². The lowest BCUT2D eigenvalue weighted by Gasteiger charge is -2.34. The Morgan fingerprint density at radius 3 is 2.30 bits per heavy atom. The first kappa shape index (κ1) is 30.1. The fourth-order valence-electron chi connectivity index (χ4n) is 5.32. The molecule has 0 aliphatic rings. The Morgan fingerprint density at radius 1 is 1.00 bits per heavy atom. The molecule has 43 heavy (non-hydrogen) atoms. The van der Waals surface area contributed by atoms with Crippen molar-refractivity contribution in [2.45, 2.75) is 58.2 Å². The predicted molar refractivity (Wildman–Crippen MR) is 155 cm³/mol. The molecule has 7 nitrogen and oxygen atoms in total. The van der Waals surface area contributed by atoms with E-state index in [0.29, 0.717) is 27.9 Å². The summed E-state index contributed by atoms with van der Waals surface area (Å²) in [6, 6.07) is 14.6. The van der Waals surface area contributed by atoms with Crippen LogP contribution in [0.25, 0.3) is 21.9 Å². The summed E-state index contributed by atoms with van der Waals surface area (Å²) in [6.07, 6.45) is -2.79. The zero-order chi connectivity index (χ0) is 31.4. The van der Waals surface area contributed by atoms with E-state index in [1.807, 2.05) is 0 Å². The summed E-state index contributed by atoms with van der Waals surface area (Å²) >= 11 is 0. The van der Waals surface area contributed by atoms with E-state index in [1.54, 1.807) is 61.2 Å². The first-order valence-electron chi connectivity index (χ1n) is 13.5. The summed E-state index contributed by atoms with van der Waals surface area (Å²) in [4.78, 5) is 23.7. The third-order valence-electron chi connectivity index (χ3n) is 7.61. The van der Waals surface area contributed by atoms with Gasteiger partial charge in [0.05, 0.1) is 34.7 Å². The highest BCUT2D eigenvalue weighted by molar-refractivity contribution is 6.00. The summed E-state index contributed by atoms with van der Waals surface area (Å²) in [5, 5.41) is 10.5. The zero-order valence-corrected chi connectivity index (χ0v) is 24.1. The molecule has 3 aromatic carbocycles. The van der Waals surface area contributed by atoms with Gasteiger partial charge in [-0.2, -0.15) is 8.78 Å². The van der Waals surface area contributed by atoms with Crippen molar-refractivity contribution in [3.63, 3.8) is 0 Å². The van der Waals surface area contributed by atoms with Gasteiger partial charge in [-0.25, -0.2) is 27.9 Å². The number of imidazole rings is 1. The number of anilines is 2. The van der Waals surface area contributed by atoms with Crippen LogP contribution >= 0.6 is 0 Å². The van der Waals surface area contributed by atoms with Crippen molar-refractivity contribution in [1.29, 1.82) is 0 Å². The van der Waals surface area contributed by atoms with Crippen molar-refractivity contribution in [3.8, 4) is 0 Å². The van der Waals surface area contributed by atoms with Gasteiger partial charge in [0, 0.05) is 23.7 Å². The second kappa shape index (κ2) is 10.7. The molecule has 2 heterocycles. The average Bonchev–Trinajstić information content (AvgIpc) is 3.15. The third-order valence-corrected chi connectivity index (χ3v) is 7.61. The molecule has 1 atom stereocenters. The Kier molecular flexibility index (Phi) is 7.54. The van der Waals surface area contributed by atoms with E-state index in [2.05, 4.69) is 9.97 Å². The molecule has 0 spiro atoms. The number of benzene rings is 3. The minimum absolute atomic E-state index is 0.0925. The molecule has 0 fully saturated rings. The van der Waals surface area contributed by atoms with Crippen molar-refractivity contribution in [2.24, 2.45) is 7.05 Å². The molecule has 226 valence electrons. The SMILES string of the molecule is Cc1nc(N(c2ccccc2)[C@H](C)c2cccc(C(F)(F)C(C)(C)O)c2F)c2cc3c(cc2n1)n(C)c(=O)n3CC(F)F. The number of alkyl halides is 4. The smallest absolute Gasteiger partial charge is 0.329 e. The average molecular weight is 600 g/mol. The van der Waals surface area contributed by atoms with Gasteiger partial charge < -0.3 is 10.0 Å². The first-order chi connectivity index (χ1) is 20.1. The minimum Gasteiger partial charge on any atom is -0.384 e. The van der Waals surface area contributed by atoms with Crippen molar-refractivity contribution >= 4 is 33.4 Å². The summed E-state index contributed by atoms with van der Waals surface area (Å²) in [5.74, 6) is -4.51. The lowest BCUT2D eigenvalue weighted by molar-refractivity contribution is -0.170. The van der Waals surface area contributed by atoms with Crippen LogP contribution < -0.4 is 10.6 Å². The van der Waals surface area contributed by atoms with Gasteiger partial charge in [0.1, 0.15) is 23.1 Å². The van der Waals surface area contributed by atoms with Crippen LogP contribution in [-0.4, -0.2) is 36.2 Å². The monoisotopic (exact) mass is 599 g/mol. The normalized spacial score (nSPS) is 13.3. The first-order valence-corrected chi connectivity index (χ1v) is 13.5. The molecular weight excluding hydrogens is 569 g/mol. The van der Waals surface area contributed by atoms with Crippen LogP contribution in [0.5, 0.6) is 0 Å². The van der Waals surface area contributed by atoms with E-state index in [0.717, 1.165) is 24.5 Å². The Hall–Kier alpha value is -4.32. The molecule has 0 radical (unpaired) electrons. The van der Waals surface area contributed by atoms with E-state index >= 15 is 13.2 Å². The third kappa shape index (κ3) is 5.13. The molecule has 0 bridgehead atoms. The number of halogens is 5. The number of fused-ring (bicyclic) bond motifs is 2. The van der Waals surface area contributed by atoms with Gasteiger partial charge in [0.25, 0.3) is 6.43 Å². The van der Waals surface area contributed by atoms with E-state index in [-0.39, 0.29) is 16.9 Å². The lowest BCUT2D eigenvalue weighted by Crippen LogP contribution is -2.41. The van der Waals surface area contributed by atoms with Crippen LogP contribution in [0.3, 0.4) is 0 Å². The van der Waals surface area contributed by atoms with E-state index < -0.39 is 47.6 Å². The Balaban J connectivity index is 1.80. The fraction of sp³-hybridized carbons (Fsp3) is 0.323. The van der Waals surface area contributed by atoms with Crippen molar-refractivity contribution in [1.82, 2.24) is 19.1 Å². The number of para-hydroxylation sites is 1. The summed E-state index contributed by atoms with van der Waals surface area (Å²) < 4.78 is 75.5. The Bertz CT molecular complexity index is 1880. The summed E-state index contributed by atoms with van der Waals surface area (Å²) in [5.41, 5.74) is -2.67. The highest BCUT2D eigenvalue weighted by atomic mass is 19.3. The molecule has 0 aliphatic carbocycles. The molecule has 2 aromatic heterocycles. The molecule has 0 saturated heterocycles. The maximum Gasteiger partial charge on any atom is 0.329 e. The number of hydrogen-bond donors (Lipinski definition) is 1. The molecular formula is C31H30F5N5O2. The van der Waals surface area contributed by atoms with E-state index in [1.165, 1.54) is 23.7 Å². The Morgan fingerprint density at radius 2 is 1.67 bits per heavy atom. The molecule has 5 rings (SSSR count). The van der Waals surface area contributed by atoms with Gasteiger partial charge >= 0.3 is 11.6 Å². The number of hydrogen-bond acceptors (Lipinski definition) is 5. The number of aliphatic hydroxyl groups is 1. The van der Waals surface area contributed by atoms with Gasteiger partial charge in [-0.1, -0.05) is 30.3 Å². The molecule has 5 aromatic rings. The Labute approximate surface area is 243 Å². The van der Waals surface area contributed by atoms with Gasteiger partial charge in [0.15, 0.2) is 0 Å². The van der Waals surface area contributed by atoms with Crippen molar-refractivity contribution in [3.05, 3.63) is 93.9 Å². The second-order valence-electron chi connectivity index (χ2n) is 11.0. The summed E-state index contributed by atoms with van der Waals surface area (Å²) in [7, 11) is 1.48. The highest BCUT2D eigenvalue weighted by Crippen LogP contribution is 2.44. The number of rotatable bonds is 8. The molecule has 0 amide bonds. The fourth-order valence-corrected chi connectivity index (χ4v) is 5.32. The van der Waals surface area contributed by atoms with E-state index in [9.17, 15) is 18.7 Å². The van der Waals surface area contributed by atoms with Crippen LogP contribution in [-0.2, 0) is 19.5 Å². The topological polar surface area (TPSA) is 76.2 Å². The van der Waals surface area contributed by atoms with E-state index in [4.69, 9.17) is 0 Å². The maximum atomic E-state index is 16.0. The quantitative estimate of drug-likeness (QED) is 0.200. The van der Waals surface area contributed by atoms with Gasteiger partial charge in [-0.3, -0.25) is 9.13 Å². The number of aryl methyl sites for hydroxylation is 2. The molecule has 12 heteroatoms. The molecule has 1 N–H and O–H groups in total. The molecule has 0 aliphatic heterocycles. The van der Waals surface area contributed by atoms with Crippen LogP contribution in [0.15, 0.2) is 65.5 Å². The van der Waals surface area contributed by atoms with Crippen molar-refractivity contribution < 1.29 is 27.1 Å². The van der Waals surface area contributed by atoms with Crippen molar-refractivity contribution in [2.75, 3.05) is 4.90 Å². The minimum atomic E-state index is -3.91. The summed E-state index contributed by atoms with van der Waals surface area (Å²) in [6.45, 7) is 4.26. The van der Waals surface area contributed by atoms with Crippen LogP contribution in [0.2, 0.25) is 0 Å². The van der Waals surface area contributed by atoms with Crippen LogP contribution in [0.1, 0.15) is 43.8 Å².